The monoisotopic (exact) mass is 357 g/mol. The molecule has 0 aliphatic heterocycles. The molecule has 4 nitrogen and oxygen atoms in total. The van der Waals surface area contributed by atoms with Gasteiger partial charge < -0.3 is 5.32 Å². The van der Waals surface area contributed by atoms with Crippen LogP contribution in [0.15, 0.2) is 22.7 Å². The summed E-state index contributed by atoms with van der Waals surface area (Å²) in [4.78, 5) is 12.0. The Morgan fingerprint density at radius 1 is 1.24 bits per heavy atom. The molecule has 0 aliphatic rings. The maximum atomic E-state index is 13.7. The van der Waals surface area contributed by atoms with Crippen LogP contribution in [0.2, 0.25) is 0 Å². The van der Waals surface area contributed by atoms with E-state index in [0.717, 1.165) is 17.8 Å². The summed E-state index contributed by atoms with van der Waals surface area (Å²) < 4.78 is 27.6. The number of benzene rings is 1. The van der Waals surface area contributed by atoms with Crippen LogP contribution in [-0.4, -0.2) is 16.1 Å². The number of hydrogen-bond acceptors (Lipinski definition) is 2. The molecule has 0 atom stereocenters. The molecule has 7 heteroatoms. The van der Waals surface area contributed by atoms with Gasteiger partial charge in [-0.2, -0.15) is 5.10 Å². The lowest BCUT2D eigenvalue weighted by Gasteiger charge is -2.14. The van der Waals surface area contributed by atoms with Crippen molar-refractivity contribution in [3.05, 3.63) is 45.6 Å². The summed E-state index contributed by atoms with van der Waals surface area (Å²) in [7, 11) is 0. The molecule has 0 radical (unpaired) electrons. The maximum absolute atomic E-state index is 13.7. The average Bonchev–Trinajstić information content (AvgIpc) is 2.75. The van der Waals surface area contributed by atoms with Gasteiger partial charge in [-0.25, -0.2) is 8.78 Å². The lowest BCUT2D eigenvalue weighted by Crippen LogP contribution is -2.16. The van der Waals surface area contributed by atoms with Crippen molar-refractivity contribution in [2.24, 2.45) is 0 Å². The van der Waals surface area contributed by atoms with Gasteiger partial charge >= 0.3 is 0 Å². The van der Waals surface area contributed by atoms with E-state index in [9.17, 15) is 13.6 Å². The molecule has 0 saturated carbocycles. The van der Waals surface area contributed by atoms with E-state index in [1.165, 1.54) is 0 Å². The van der Waals surface area contributed by atoms with E-state index in [-0.39, 0.29) is 15.7 Å². The van der Waals surface area contributed by atoms with Crippen LogP contribution in [0.3, 0.4) is 0 Å². The van der Waals surface area contributed by atoms with Gasteiger partial charge in [0.2, 0.25) is 0 Å². The summed E-state index contributed by atoms with van der Waals surface area (Å²) in [6.45, 7) is 5.92. The number of aromatic amines is 1. The first kappa shape index (κ1) is 15.6. The third-order valence-electron chi connectivity index (χ3n) is 2.86. The molecule has 112 valence electrons. The molecule has 0 fully saturated rings. The van der Waals surface area contributed by atoms with Crippen molar-refractivity contribution >= 4 is 27.7 Å². The smallest absolute Gasteiger partial charge is 0.262 e. The SMILES string of the molecule is CC(C)(C)c1cc(NC(=O)c2c(F)cc(Br)cc2F)n[nH]1. The lowest BCUT2D eigenvalue weighted by molar-refractivity contribution is 0.101. The standard InChI is InChI=1S/C14H14BrF2N3O/c1-14(2,3)10-6-11(20-19-10)18-13(21)12-8(16)4-7(15)5-9(12)17/h4-6H,1-3H3,(H2,18,19,20,21). The van der Waals surface area contributed by atoms with Crippen LogP contribution in [0.25, 0.3) is 0 Å². The number of hydrogen-bond donors (Lipinski definition) is 2. The highest BCUT2D eigenvalue weighted by atomic mass is 79.9. The Hall–Kier alpha value is -1.76. The van der Waals surface area contributed by atoms with E-state index in [2.05, 4.69) is 31.4 Å². The molecule has 1 amide bonds. The number of amides is 1. The number of rotatable bonds is 2. The number of H-pyrrole nitrogens is 1. The van der Waals surface area contributed by atoms with Crippen molar-refractivity contribution in [3.63, 3.8) is 0 Å². The van der Waals surface area contributed by atoms with Crippen LogP contribution in [-0.2, 0) is 5.41 Å². The van der Waals surface area contributed by atoms with Crippen LogP contribution >= 0.6 is 15.9 Å². The largest absolute Gasteiger partial charge is 0.305 e. The maximum Gasteiger partial charge on any atom is 0.262 e. The number of halogens is 3. The number of nitrogens with zero attached hydrogens (tertiary/aromatic N) is 1. The second-order valence-electron chi connectivity index (χ2n) is 5.62. The zero-order chi connectivity index (χ0) is 15.8. The topological polar surface area (TPSA) is 57.8 Å². The van der Waals surface area contributed by atoms with Gasteiger partial charge in [0.25, 0.3) is 5.91 Å². The van der Waals surface area contributed by atoms with Crippen LogP contribution < -0.4 is 5.32 Å². The Labute approximate surface area is 129 Å². The van der Waals surface area contributed by atoms with Crippen LogP contribution in [0.4, 0.5) is 14.6 Å². The second-order valence-corrected chi connectivity index (χ2v) is 6.53. The Morgan fingerprint density at radius 3 is 2.29 bits per heavy atom. The van der Waals surface area contributed by atoms with Gasteiger partial charge in [-0.3, -0.25) is 9.89 Å². The molecule has 0 bridgehead atoms. The number of carbonyl (C=O) groups excluding carboxylic acids is 1. The van der Waals surface area contributed by atoms with Gasteiger partial charge in [0.05, 0.1) is 0 Å². The van der Waals surface area contributed by atoms with Gasteiger partial charge in [-0.15, -0.1) is 0 Å². The third kappa shape index (κ3) is 3.47. The van der Waals surface area contributed by atoms with Crippen molar-refractivity contribution in [3.8, 4) is 0 Å². The minimum atomic E-state index is -0.939. The summed E-state index contributed by atoms with van der Waals surface area (Å²) >= 11 is 2.96. The summed E-state index contributed by atoms with van der Waals surface area (Å²) in [5.41, 5.74) is -0.0163. The Bertz CT molecular complexity index is 669. The van der Waals surface area contributed by atoms with E-state index in [1.807, 2.05) is 20.8 Å². The molecule has 2 N–H and O–H groups in total. The molecule has 1 heterocycles. The first-order valence-electron chi connectivity index (χ1n) is 6.20. The molecule has 21 heavy (non-hydrogen) atoms. The van der Waals surface area contributed by atoms with Crippen LogP contribution in [0.1, 0.15) is 36.8 Å². The number of aromatic nitrogens is 2. The van der Waals surface area contributed by atoms with Gasteiger partial charge in [-0.1, -0.05) is 36.7 Å². The number of nitrogens with one attached hydrogen (secondary N) is 2. The molecule has 1 aromatic heterocycles. The molecule has 2 aromatic rings. The average molecular weight is 358 g/mol. The molecule has 0 saturated heterocycles. The summed E-state index contributed by atoms with van der Waals surface area (Å²) in [5, 5.41) is 9.07. The van der Waals surface area contributed by atoms with Gasteiger partial charge in [0.15, 0.2) is 5.82 Å². The minimum Gasteiger partial charge on any atom is -0.305 e. The van der Waals surface area contributed by atoms with Crippen molar-refractivity contribution < 1.29 is 13.6 Å². The molecule has 0 aliphatic carbocycles. The van der Waals surface area contributed by atoms with E-state index in [1.54, 1.807) is 6.07 Å². The molecule has 2 rings (SSSR count). The van der Waals surface area contributed by atoms with Crippen molar-refractivity contribution in [1.82, 2.24) is 10.2 Å². The highest BCUT2D eigenvalue weighted by molar-refractivity contribution is 9.10. The van der Waals surface area contributed by atoms with Gasteiger partial charge in [0, 0.05) is 21.6 Å². The highest BCUT2D eigenvalue weighted by Crippen LogP contribution is 2.23. The van der Waals surface area contributed by atoms with E-state index in [4.69, 9.17) is 0 Å². The first-order valence-corrected chi connectivity index (χ1v) is 6.99. The lowest BCUT2D eigenvalue weighted by atomic mass is 9.92. The third-order valence-corrected chi connectivity index (χ3v) is 3.32. The fourth-order valence-electron chi connectivity index (χ4n) is 1.71. The minimum absolute atomic E-state index is 0.176. The second kappa shape index (κ2) is 5.55. The van der Waals surface area contributed by atoms with E-state index < -0.39 is 23.1 Å². The molecular weight excluding hydrogens is 344 g/mol. The van der Waals surface area contributed by atoms with E-state index in [0.29, 0.717) is 0 Å². The Morgan fingerprint density at radius 2 is 1.81 bits per heavy atom. The zero-order valence-electron chi connectivity index (χ0n) is 11.7. The number of carbonyl (C=O) groups is 1. The fourth-order valence-corrected chi connectivity index (χ4v) is 2.11. The summed E-state index contributed by atoms with van der Waals surface area (Å²) in [6.07, 6.45) is 0. The van der Waals surface area contributed by atoms with Gasteiger partial charge in [0.1, 0.15) is 17.2 Å². The van der Waals surface area contributed by atoms with Crippen molar-refractivity contribution in [2.75, 3.05) is 5.32 Å². The van der Waals surface area contributed by atoms with Gasteiger partial charge in [-0.05, 0) is 12.1 Å². The highest BCUT2D eigenvalue weighted by Gasteiger charge is 2.21. The molecule has 0 unspecified atom stereocenters. The fraction of sp³-hybridized carbons (Fsp3) is 0.286. The molecule has 1 aromatic carbocycles. The van der Waals surface area contributed by atoms with Crippen LogP contribution in [0, 0.1) is 11.6 Å². The van der Waals surface area contributed by atoms with Crippen molar-refractivity contribution in [1.29, 1.82) is 0 Å². The van der Waals surface area contributed by atoms with E-state index >= 15 is 0 Å². The zero-order valence-corrected chi connectivity index (χ0v) is 13.3. The Kier molecular flexibility index (Phi) is 4.13. The Balaban J connectivity index is 2.25. The molecule has 0 spiro atoms. The summed E-state index contributed by atoms with van der Waals surface area (Å²) in [6, 6.07) is 3.69. The predicted octanol–water partition coefficient (Wildman–Crippen LogP) is 4.00. The van der Waals surface area contributed by atoms with Crippen molar-refractivity contribution in [2.45, 2.75) is 26.2 Å². The summed E-state index contributed by atoms with van der Waals surface area (Å²) in [5.74, 6) is -2.55. The predicted molar refractivity (Wildman–Crippen MR) is 79.3 cm³/mol. The van der Waals surface area contributed by atoms with Crippen LogP contribution in [0.5, 0.6) is 0 Å². The first-order chi connectivity index (χ1) is 9.68. The normalized spacial score (nSPS) is 11.5. The quantitative estimate of drug-likeness (QED) is 0.853. The molecular formula is C14H14BrF2N3O. The number of anilines is 1.